The normalized spacial score (nSPS) is 15.7. The van der Waals surface area contributed by atoms with Crippen LogP contribution in [0.2, 0.25) is 0 Å². The Morgan fingerprint density at radius 2 is 1.61 bits per heavy atom. The highest BCUT2D eigenvalue weighted by Gasteiger charge is 2.19. The van der Waals surface area contributed by atoms with Crippen LogP contribution in [0.1, 0.15) is 0 Å². The molecule has 23 heavy (non-hydrogen) atoms. The number of aromatic nitrogens is 2. The first kappa shape index (κ1) is 12.9. The lowest BCUT2D eigenvalue weighted by Crippen LogP contribution is -2.44. The van der Waals surface area contributed by atoms with E-state index in [4.69, 9.17) is 4.98 Å². The van der Waals surface area contributed by atoms with Gasteiger partial charge in [0, 0.05) is 42.5 Å². The quantitative estimate of drug-likeness (QED) is 0.567. The number of benzene rings is 2. The maximum Gasteiger partial charge on any atom is 0.139 e. The van der Waals surface area contributed by atoms with Crippen molar-refractivity contribution in [2.24, 2.45) is 0 Å². The number of pyridine rings is 1. The molecule has 114 valence electrons. The molecular weight excluding hydrogens is 284 g/mol. The van der Waals surface area contributed by atoms with Gasteiger partial charge in [0.2, 0.25) is 0 Å². The van der Waals surface area contributed by atoms with Crippen LogP contribution in [0.3, 0.4) is 0 Å². The van der Waals surface area contributed by atoms with Crippen LogP contribution in [-0.2, 0) is 0 Å². The molecule has 0 aliphatic carbocycles. The van der Waals surface area contributed by atoms with E-state index in [-0.39, 0.29) is 0 Å². The van der Waals surface area contributed by atoms with Crippen LogP contribution in [0, 0.1) is 0 Å². The number of anilines is 1. The predicted molar refractivity (Wildman–Crippen MR) is 96.2 cm³/mol. The molecule has 0 amide bonds. The van der Waals surface area contributed by atoms with E-state index in [0.29, 0.717) is 0 Å². The summed E-state index contributed by atoms with van der Waals surface area (Å²) in [7, 11) is 0. The summed E-state index contributed by atoms with van der Waals surface area (Å²) < 4.78 is 0. The van der Waals surface area contributed by atoms with Crippen LogP contribution < -0.4 is 10.2 Å². The molecule has 3 heterocycles. The molecule has 0 saturated carbocycles. The molecule has 1 aliphatic heterocycles. The van der Waals surface area contributed by atoms with Gasteiger partial charge in [0.05, 0.1) is 16.4 Å². The summed E-state index contributed by atoms with van der Waals surface area (Å²) in [6, 6.07) is 16.9. The lowest BCUT2D eigenvalue weighted by Gasteiger charge is -2.29. The molecule has 1 fully saturated rings. The molecule has 4 aromatic rings. The van der Waals surface area contributed by atoms with Crippen molar-refractivity contribution in [3.8, 4) is 0 Å². The summed E-state index contributed by atoms with van der Waals surface area (Å²) in [5, 5.41) is 7.13. The van der Waals surface area contributed by atoms with E-state index in [0.717, 1.165) is 37.5 Å². The zero-order valence-electron chi connectivity index (χ0n) is 12.8. The van der Waals surface area contributed by atoms with Gasteiger partial charge in [-0.1, -0.05) is 36.4 Å². The number of hydrogen-bond acceptors (Lipinski definition) is 3. The molecule has 1 saturated heterocycles. The minimum Gasteiger partial charge on any atom is -0.354 e. The second-order valence-electron chi connectivity index (χ2n) is 6.11. The number of H-pyrrole nitrogens is 1. The van der Waals surface area contributed by atoms with Gasteiger partial charge in [-0.2, -0.15) is 0 Å². The zero-order valence-corrected chi connectivity index (χ0v) is 12.8. The zero-order chi connectivity index (χ0) is 15.2. The van der Waals surface area contributed by atoms with Crippen molar-refractivity contribution in [1.82, 2.24) is 15.3 Å². The van der Waals surface area contributed by atoms with Gasteiger partial charge < -0.3 is 15.2 Å². The van der Waals surface area contributed by atoms with E-state index in [2.05, 4.69) is 63.7 Å². The minimum absolute atomic E-state index is 1.000. The molecule has 2 N–H and O–H groups in total. The second kappa shape index (κ2) is 4.96. The first-order valence-corrected chi connectivity index (χ1v) is 8.17. The third-order valence-corrected chi connectivity index (χ3v) is 4.75. The summed E-state index contributed by atoms with van der Waals surface area (Å²) in [5.41, 5.74) is 3.43. The number of fused-ring (bicyclic) bond motifs is 5. The first-order valence-electron chi connectivity index (χ1n) is 8.17. The molecule has 0 unspecified atom stereocenters. The molecule has 4 heteroatoms. The largest absolute Gasteiger partial charge is 0.354 e. The van der Waals surface area contributed by atoms with E-state index in [1.54, 1.807) is 0 Å². The molecule has 0 bridgehead atoms. The average Bonchev–Trinajstić information content (AvgIpc) is 3.02. The Hall–Kier alpha value is -2.59. The first-order chi connectivity index (χ1) is 11.4. The summed E-state index contributed by atoms with van der Waals surface area (Å²) >= 11 is 0. The van der Waals surface area contributed by atoms with Gasteiger partial charge in [-0.3, -0.25) is 0 Å². The van der Waals surface area contributed by atoms with E-state index >= 15 is 0 Å². The van der Waals surface area contributed by atoms with E-state index in [1.807, 2.05) is 0 Å². The SMILES string of the molecule is c1ccc2c(c1)nc(N1CCNCC1)c1c3ccccc3[nH]c21. The molecule has 0 atom stereocenters. The summed E-state index contributed by atoms with van der Waals surface area (Å²) in [5.74, 6) is 1.11. The molecule has 0 spiro atoms. The van der Waals surface area contributed by atoms with Crippen LogP contribution in [0.5, 0.6) is 0 Å². The average molecular weight is 302 g/mol. The fourth-order valence-electron chi connectivity index (χ4n) is 3.63. The monoisotopic (exact) mass is 302 g/mol. The Morgan fingerprint density at radius 3 is 2.48 bits per heavy atom. The number of aromatic amines is 1. The fourth-order valence-corrected chi connectivity index (χ4v) is 3.63. The van der Waals surface area contributed by atoms with Crippen molar-refractivity contribution in [3.63, 3.8) is 0 Å². The van der Waals surface area contributed by atoms with Crippen LogP contribution >= 0.6 is 0 Å². The predicted octanol–water partition coefficient (Wildman–Crippen LogP) is 3.28. The number of hydrogen-bond donors (Lipinski definition) is 2. The van der Waals surface area contributed by atoms with Crippen LogP contribution in [0.15, 0.2) is 48.5 Å². The topological polar surface area (TPSA) is 44.0 Å². The van der Waals surface area contributed by atoms with Gasteiger partial charge in [0.15, 0.2) is 0 Å². The molecule has 2 aromatic heterocycles. The van der Waals surface area contributed by atoms with Crippen LogP contribution in [0.25, 0.3) is 32.7 Å². The summed E-state index contributed by atoms with van der Waals surface area (Å²) in [6.07, 6.45) is 0. The summed E-state index contributed by atoms with van der Waals surface area (Å²) in [4.78, 5) is 11.1. The molecule has 5 rings (SSSR count). The number of nitrogens with one attached hydrogen (secondary N) is 2. The van der Waals surface area contributed by atoms with Gasteiger partial charge >= 0.3 is 0 Å². The van der Waals surface area contributed by atoms with Crippen LogP contribution in [0.4, 0.5) is 5.82 Å². The Kier molecular flexibility index (Phi) is 2.78. The molecule has 4 nitrogen and oxygen atoms in total. The number of rotatable bonds is 1. The highest BCUT2D eigenvalue weighted by molar-refractivity contribution is 6.20. The molecular formula is C19H18N4. The van der Waals surface area contributed by atoms with Gasteiger partial charge in [0.1, 0.15) is 5.82 Å². The minimum atomic E-state index is 1.000. The van der Waals surface area contributed by atoms with Gasteiger partial charge in [-0.25, -0.2) is 4.98 Å². The standard InChI is InChI=1S/C19H18N4/c1-3-7-15-13(5-1)17-18(21-15)14-6-2-4-8-16(14)22-19(17)23-11-9-20-10-12-23/h1-8,20-21H,9-12H2. The summed E-state index contributed by atoms with van der Waals surface area (Å²) in [6.45, 7) is 4.02. The molecule has 0 radical (unpaired) electrons. The lowest BCUT2D eigenvalue weighted by molar-refractivity contribution is 0.587. The van der Waals surface area contributed by atoms with Crippen molar-refractivity contribution < 1.29 is 0 Å². The fraction of sp³-hybridized carbons (Fsp3) is 0.211. The van der Waals surface area contributed by atoms with Crippen molar-refractivity contribution in [2.45, 2.75) is 0 Å². The van der Waals surface area contributed by atoms with Crippen molar-refractivity contribution >= 4 is 38.5 Å². The van der Waals surface area contributed by atoms with Crippen molar-refractivity contribution in [3.05, 3.63) is 48.5 Å². The number of nitrogens with zero attached hydrogens (tertiary/aromatic N) is 2. The highest BCUT2D eigenvalue weighted by atomic mass is 15.2. The number of piperazine rings is 1. The van der Waals surface area contributed by atoms with Gasteiger partial charge in [-0.15, -0.1) is 0 Å². The Labute approximate surface area is 134 Å². The maximum absolute atomic E-state index is 5.03. The van der Waals surface area contributed by atoms with E-state index in [9.17, 15) is 0 Å². The van der Waals surface area contributed by atoms with Gasteiger partial charge in [0.25, 0.3) is 0 Å². The van der Waals surface area contributed by atoms with Crippen LogP contribution in [-0.4, -0.2) is 36.1 Å². The molecule has 2 aromatic carbocycles. The second-order valence-corrected chi connectivity index (χ2v) is 6.11. The van der Waals surface area contributed by atoms with E-state index in [1.165, 1.54) is 27.2 Å². The van der Waals surface area contributed by atoms with E-state index < -0.39 is 0 Å². The third kappa shape index (κ3) is 1.92. The Balaban J connectivity index is 1.93. The number of para-hydroxylation sites is 2. The Morgan fingerprint density at radius 1 is 0.870 bits per heavy atom. The highest BCUT2D eigenvalue weighted by Crippen LogP contribution is 2.36. The lowest BCUT2D eigenvalue weighted by atomic mass is 10.1. The van der Waals surface area contributed by atoms with Crippen molar-refractivity contribution in [1.29, 1.82) is 0 Å². The molecule has 1 aliphatic rings. The maximum atomic E-state index is 5.03. The Bertz CT molecular complexity index is 1010. The van der Waals surface area contributed by atoms with Gasteiger partial charge in [-0.05, 0) is 12.1 Å². The van der Waals surface area contributed by atoms with Crippen molar-refractivity contribution in [2.75, 3.05) is 31.1 Å². The smallest absolute Gasteiger partial charge is 0.139 e. The third-order valence-electron chi connectivity index (χ3n) is 4.75.